The number of guanidine groups is 1. The van der Waals surface area contributed by atoms with Gasteiger partial charge in [-0.15, -0.1) is 0 Å². The van der Waals surface area contributed by atoms with Gasteiger partial charge in [-0.3, -0.25) is 4.99 Å². The lowest BCUT2D eigenvalue weighted by Crippen LogP contribution is -2.44. The summed E-state index contributed by atoms with van der Waals surface area (Å²) < 4.78 is 38.3. The summed E-state index contributed by atoms with van der Waals surface area (Å²) in [5.74, 6) is -0.893. The van der Waals surface area contributed by atoms with Crippen LogP contribution in [0, 0.1) is 5.92 Å². The topological polar surface area (TPSA) is 56.7 Å². The largest absolute Gasteiger partial charge is 0.391 e. The van der Waals surface area contributed by atoms with Crippen molar-refractivity contribution in [2.75, 3.05) is 19.6 Å². The van der Waals surface area contributed by atoms with Crippen molar-refractivity contribution in [3.8, 4) is 0 Å². The normalized spacial score (nSPS) is 27.0. The molecule has 0 heterocycles. The van der Waals surface area contributed by atoms with E-state index >= 15 is 0 Å². The first kappa shape index (κ1) is 17.1. The van der Waals surface area contributed by atoms with Crippen molar-refractivity contribution >= 4 is 5.96 Å². The molecular formula is C13H24F3N3O. The smallest absolute Gasteiger partial charge is 0.388 e. The minimum atomic E-state index is -4.23. The molecule has 0 bridgehead atoms. The Kier molecular flexibility index (Phi) is 6.10. The van der Waals surface area contributed by atoms with E-state index in [0.717, 1.165) is 0 Å². The van der Waals surface area contributed by atoms with Gasteiger partial charge in [0.2, 0.25) is 0 Å². The maximum absolute atomic E-state index is 12.8. The Bertz CT molecular complexity index is 325. The molecular weight excluding hydrogens is 271 g/mol. The number of nitrogens with one attached hydrogen (secondary N) is 2. The number of rotatable bonds is 4. The summed E-state index contributed by atoms with van der Waals surface area (Å²) >= 11 is 0. The lowest BCUT2D eigenvalue weighted by atomic mass is 9.78. The number of aliphatic hydroxyl groups is 1. The highest BCUT2D eigenvalue weighted by Crippen LogP contribution is 2.41. The third-order valence-corrected chi connectivity index (χ3v) is 3.50. The van der Waals surface area contributed by atoms with Crippen LogP contribution < -0.4 is 10.6 Å². The number of nitrogens with zero attached hydrogens (tertiary/aromatic N) is 1. The highest BCUT2D eigenvalue weighted by Gasteiger charge is 2.46. The molecule has 1 saturated carbocycles. The highest BCUT2D eigenvalue weighted by atomic mass is 19.4. The van der Waals surface area contributed by atoms with Gasteiger partial charge in [-0.25, -0.2) is 0 Å². The predicted octanol–water partition coefficient (Wildman–Crippen LogP) is 2.04. The zero-order valence-electron chi connectivity index (χ0n) is 12.1. The number of aliphatic imine (C=N–C) groups is 1. The van der Waals surface area contributed by atoms with Crippen LogP contribution >= 0.6 is 0 Å². The fraction of sp³-hybridized carbons (Fsp3) is 0.923. The van der Waals surface area contributed by atoms with Crippen LogP contribution in [0.5, 0.6) is 0 Å². The van der Waals surface area contributed by atoms with Crippen LogP contribution in [0.1, 0.15) is 39.5 Å². The summed E-state index contributed by atoms with van der Waals surface area (Å²) in [6, 6.07) is 0. The Hall–Kier alpha value is -0.980. The minimum Gasteiger partial charge on any atom is -0.388 e. The lowest BCUT2D eigenvalue weighted by Gasteiger charge is -2.36. The molecule has 0 amide bonds. The molecule has 2 unspecified atom stereocenters. The van der Waals surface area contributed by atoms with E-state index in [4.69, 9.17) is 0 Å². The van der Waals surface area contributed by atoms with Gasteiger partial charge in [0.25, 0.3) is 0 Å². The first-order valence-corrected chi connectivity index (χ1v) is 7.12. The van der Waals surface area contributed by atoms with E-state index in [0.29, 0.717) is 31.9 Å². The molecule has 1 aliphatic carbocycles. The predicted molar refractivity (Wildman–Crippen MR) is 72.6 cm³/mol. The number of hydrogen-bond donors (Lipinski definition) is 3. The van der Waals surface area contributed by atoms with Gasteiger partial charge in [-0.05, 0) is 39.5 Å². The number of halogens is 3. The van der Waals surface area contributed by atoms with Crippen LogP contribution in [0.3, 0.4) is 0 Å². The zero-order valence-corrected chi connectivity index (χ0v) is 12.1. The minimum absolute atomic E-state index is 0.00505. The van der Waals surface area contributed by atoms with Crippen molar-refractivity contribution in [3.63, 3.8) is 0 Å². The van der Waals surface area contributed by atoms with Gasteiger partial charge in [0.1, 0.15) is 0 Å². The lowest BCUT2D eigenvalue weighted by molar-refractivity contribution is -0.199. The van der Waals surface area contributed by atoms with Crippen molar-refractivity contribution in [1.29, 1.82) is 0 Å². The molecule has 0 aromatic carbocycles. The summed E-state index contributed by atoms with van der Waals surface area (Å²) in [5.41, 5.74) is -1.35. The molecule has 0 aliphatic heterocycles. The molecule has 118 valence electrons. The van der Waals surface area contributed by atoms with Gasteiger partial charge in [0.05, 0.1) is 18.1 Å². The molecule has 1 rings (SSSR count). The van der Waals surface area contributed by atoms with Crippen molar-refractivity contribution in [2.24, 2.45) is 10.9 Å². The van der Waals surface area contributed by atoms with Crippen molar-refractivity contribution in [2.45, 2.75) is 51.3 Å². The van der Waals surface area contributed by atoms with E-state index in [2.05, 4.69) is 15.6 Å². The second kappa shape index (κ2) is 7.15. The van der Waals surface area contributed by atoms with Crippen LogP contribution in [0.15, 0.2) is 4.99 Å². The zero-order chi connectivity index (χ0) is 15.2. The Morgan fingerprint density at radius 3 is 2.40 bits per heavy atom. The molecule has 1 fully saturated rings. The standard InChI is InChI=1S/C13H24F3N3O/c1-3-17-11(18-4-2)19-9-12(20)7-5-6-10(8-12)13(14,15)16/h10,20H,3-9H2,1-2H3,(H2,17,18,19). The molecule has 1 aliphatic rings. The molecule has 0 saturated heterocycles. The van der Waals surface area contributed by atoms with E-state index in [-0.39, 0.29) is 19.4 Å². The van der Waals surface area contributed by atoms with Gasteiger partial charge in [-0.1, -0.05) is 0 Å². The molecule has 0 spiro atoms. The van der Waals surface area contributed by atoms with Gasteiger partial charge >= 0.3 is 6.18 Å². The summed E-state index contributed by atoms with van der Waals surface area (Å²) in [6.07, 6.45) is -3.64. The highest BCUT2D eigenvalue weighted by molar-refractivity contribution is 5.79. The van der Waals surface area contributed by atoms with Gasteiger partial charge < -0.3 is 15.7 Å². The molecule has 4 nitrogen and oxygen atoms in total. The summed E-state index contributed by atoms with van der Waals surface area (Å²) in [5, 5.41) is 16.3. The molecule has 0 aromatic rings. The van der Waals surface area contributed by atoms with Crippen molar-refractivity contribution in [1.82, 2.24) is 10.6 Å². The maximum Gasteiger partial charge on any atom is 0.391 e. The third kappa shape index (κ3) is 5.19. The van der Waals surface area contributed by atoms with Gasteiger partial charge in [0.15, 0.2) is 5.96 Å². The number of hydrogen-bond acceptors (Lipinski definition) is 2. The summed E-state index contributed by atoms with van der Waals surface area (Å²) in [4.78, 5) is 4.19. The second-order valence-electron chi connectivity index (χ2n) is 5.28. The molecule has 3 N–H and O–H groups in total. The summed E-state index contributed by atoms with van der Waals surface area (Å²) in [7, 11) is 0. The Balaban J connectivity index is 2.66. The van der Waals surface area contributed by atoms with Crippen molar-refractivity contribution in [3.05, 3.63) is 0 Å². The fourth-order valence-corrected chi connectivity index (χ4v) is 2.50. The monoisotopic (exact) mass is 295 g/mol. The van der Waals surface area contributed by atoms with Crippen LogP contribution in [-0.4, -0.2) is 42.5 Å². The quantitative estimate of drug-likeness (QED) is 0.549. The average molecular weight is 295 g/mol. The SMILES string of the molecule is CCNC(=NCC1(O)CCCC(C(F)(F)F)C1)NCC. The third-order valence-electron chi connectivity index (χ3n) is 3.50. The van der Waals surface area contributed by atoms with E-state index in [1.54, 1.807) is 0 Å². The average Bonchev–Trinajstić information content (AvgIpc) is 2.36. The Morgan fingerprint density at radius 1 is 1.30 bits per heavy atom. The van der Waals surface area contributed by atoms with Gasteiger partial charge in [-0.2, -0.15) is 13.2 Å². The van der Waals surface area contributed by atoms with Gasteiger partial charge in [0, 0.05) is 13.1 Å². The van der Waals surface area contributed by atoms with E-state index in [1.165, 1.54) is 0 Å². The molecule has 20 heavy (non-hydrogen) atoms. The van der Waals surface area contributed by atoms with Crippen molar-refractivity contribution < 1.29 is 18.3 Å². The van der Waals surface area contributed by atoms with Crippen LogP contribution in [0.25, 0.3) is 0 Å². The molecule has 0 radical (unpaired) electrons. The van der Waals surface area contributed by atoms with Crippen LogP contribution in [-0.2, 0) is 0 Å². The molecule has 0 aromatic heterocycles. The molecule has 7 heteroatoms. The molecule has 2 atom stereocenters. The number of alkyl halides is 3. The second-order valence-corrected chi connectivity index (χ2v) is 5.28. The van der Waals surface area contributed by atoms with Crippen LogP contribution in [0.4, 0.5) is 13.2 Å². The maximum atomic E-state index is 12.8. The Labute approximate surface area is 117 Å². The Morgan fingerprint density at radius 2 is 1.90 bits per heavy atom. The fourth-order valence-electron chi connectivity index (χ4n) is 2.50. The van der Waals surface area contributed by atoms with Crippen LogP contribution in [0.2, 0.25) is 0 Å². The van der Waals surface area contributed by atoms with E-state index in [9.17, 15) is 18.3 Å². The first-order chi connectivity index (χ1) is 9.30. The first-order valence-electron chi connectivity index (χ1n) is 7.12. The van der Waals surface area contributed by atoms with E-state index < -0.39 is 17.7 Å². The summed E-state index contributed by atoms with van der Waals surface area (Å²) in [6.45, 7) is 5.13. The van der Waals surface area contributed by atoms with E-state index in [1.807, 2.05) is 13.8 Å².